The zero-order chi connectivity index (χ0) is 27.1. The van der Waals surface area contributed by atoms with Gasteiger partial charge in [-0.25, -0.2) is 4.98 Å². The van der Waals surface area contributed by atoms with Crippen molar-refractivity contribution in [1.29, 1.82) is 0 Å². The van der Waals surface area contributed by atoms with E-state index < -0.39 is 17.7 Å². The average Bonchev–Trinajstić information content (AvgIpc) is 3.62. The molecule has 0 saturated carbocycles. The summed E-state index contributed by atoms with van der Waals surface area (Å²) >= 11 is 0. The predicted molar refractivity (Wildman–Crippen MR) is 137 cm³/mol. The first-order valence-electron chi connectivity index (χ1n) is 11.9. The fourth-order valence-corrected chi connectivity index (χ4v) is 4.89. The van der Waals surface area contributed by atoms with E-state index >= 15 is 0 Å². The van der Waals surface area contributed by atoms with Crippen molar-refractivity contribution in [3.05, 3.63) is 82.7 Å². The highest BCUT2D eigenvalue weighted by molar-refractivity contribution is 6.46. The summed E-state index contributed by atoms with van der Waals surface area (Å²) in [4.78, 5) is 32.9. The molecule has 5 rings (SSSR count). The highest BCUT2D eigenvalue weighted by atomic mass is 16.5. The first-order valence-corrected chi connectivity index (χ1v) is 11.9. The molecule has 10 nitrogen and oxygen atoms in total. The minimum Gasteiger partial charge on any atom is -0.505 e. The molecule has 1 amide bonds. The number of rotatable bonds is 7. The lowest BCUT2D eigenvalue weighted by Gasteiger charge is -2.25. The van der Waals surface area contributed by atoms with Crippen molar-refractivity contribution in [2.24, 2.45) is 0 Å². The maximum absolute atomic E-state index is 13.5. The van der Waals surface area contributed by atoms with Crippen LogP contribution in [0.4, 0.5) is 0 Å². The maximum Gasteiger partial charge on any atom is 0.296 e. The quantitative estimate of drug-likeness (QED) is 0.220. The molecule has 38 heavy (non-hydrogen) atoms. The van der Waals surface area contributed by atoms with Gasteiger partial charge in [-0.05, 0) is 55.3 Å². The highest BCUT2D eigenvalue weighted by Gasteiger charge is 2.47. The van der Waals surface area contributed by atoms with Gasteiger partial charge in [-0.15, -0.1) is 0 Å². The maximum atomic E-state index is 13.5. The lowest BCUT2D eigenvalue weighted by molar-refractivity contribution is -0.140. The Hall–Kier alpha value is -4.73. The fourth-order valence-electron chi connectivity index (χ4n) is 4.89. The van der Waals surface area contributed by atoms with Crippen LogP contribution in [-0.4, -0.2) is 52.4 Å². The summed E-state index contributed by atoms with van der Waals surface area (Å²) in [5, 5.41) is 11.6. The second-order valence-electron chi connectivity index (χ2n) is 8.90. The van der Waals surface area contributed by atoms with Gasteiger partial charge in [-0.3, -0.25) is 9.59 Å². The Morgan fingerprint density at radius 1 is 1.05 bits per heavy atom. The van der Waals surface area contributed by atoms with Crippen LogP contribution in [0.15, 0.2) is 58.8 Å². The molecule has 1 unspecified atom stereocenters. The van der Waals surface area contributed by atoms with Crippen LogP contribution in [-0.2, 0) is 16.1 Å². The summed E-state index contributed by atoms with van der Waals surface area (Å²) < 4.78 is 23.8. The van der Waals surface area contributed by atoms with E-state index in [9.17, 15) is 14.7 Å². The van der Waals surface area contributed by atoms with Crippen molar-refractivity contribution in [2.45, 2.75) is 26.4 Å². The summed E-state index contributed by atoms with van der Waals surface area (Å²) in [5.41, 5.74) is 2.76. The number of nitrogens with zero attached hydrogens (tertiary/aromatic N) is 3. The van der Waals surface area contributed by atoms with Crippen molar-refractivity contribution in [2.75, 3.05) is 21.3 Å². The molecule has 1 atom stereocenters. The van der Waals surface area contributed by atoms with Gasteiger partial charge in [0.15, 0.2) is 17.3 Å². The number of furan rings is 1. The van der Waals surface area contributed by atoms with Gasteiger partial charge < -0.3 is 33.0 Å². The van der Waals surface area contributed by atoms with Gasteiger partial charge in [-0.2, -0.15) is 0 Å². The van der Waals surface area contributed by atoms with E-state index in [-0.39, 0.29) is 23.6 Å². The Kier molecular flexibility index (Phi) is 6.31. The molecule has 0 aliphatic carbocycles. The number of likely N-dealkylation sites (tertiary alicyclic amines) is 1. The molecule has 1 fully saturated rings. The molecule has 3 aromatic heterocycles. The minimum atomic E-state index is -0.987. The molecule has 1 aromatic carbocycles. The van der Waals surface area contributed by atoms with E-state index in [0.717, 1.165) is 5.56 Å². The van der Waals surface area contributed by atoms with Crippen molar-refractivity contribution >= 4 is 23.1 Å². The molecule has 196 valence electrons. The molecule has 1 saturated heterocycles. The number of hydrogen-bond donors (Lipinski definition) is 1. The zero-order valence-corrected chi connectivity index (χ0v) is 21.6. The molecule has 10 heteroatoms. The number of aryl methyl sites for hydroxylation is 2. The van der Waals surface area contributed by atoms with Crippen molar-refractivity contribution in [3.8, 4) is 17.2 Å². The van der Waals surface area contributed by atoms with Crippen LogP contribution >= 0.6 is 0 Å². The number of pyridine rings is 1. The molecule has 1 aliphatic heterocycles. The van der Waals surface area contributed by atoms with E-state index in [1.54, 1.807) is 31.2 Å². The van der Waals surface area contributed by atoms with Gasteiger partial charge in [0.2, 0.25) is 5.75 Å². The van der Waals surface area contributed by atoms with Crippen LogP contribution < -0.4 is 14.2 Å². The van der Waals surface area contributed by atoms with Gasteiger partial charge in [0.25, 0.3) is 11.7 Å². The Morgan fingerprint density at radius 3 is 2.34 bits per heavy atom. The van der Waals surface area contributed by atoms with E-state index in [4.69, 9.17) is 18.6 Å². The summed E-state index contributed by atoms with van der Waals surface area (Å²) in [6.45, 7) is 3.70. The summed E-state index contributed by atoms with van der Waals surface area (Å²) in [5.74, 6) is -0.475. The average molecular weight is 518 g/mol. The van der Waals surface area contributed by atoms with Gasteiger partial charge in [0, 0.05) is 6.20 Å². The molecule has 4 aromatic rings. The third-order valence-electron chi connectivity index (χ3n) is 6.76. The third kappa shape index (κ3) is 3.85. The number of imidazole rings is 1. The Morgan fingerprint density at radius 2 is 1.76 bits per heavy atom. The number of aromatic nitrogens is 2. The summed E-state index contributed by atoms with van der Waals surface area (Å²) in [7, 11) is 4.43. The van der Waals surface area contributed by atoms with Gasteiger partial charge in [0.1, 0.15) is 17.1 Å². The Labute approximate surface area is 218 Å². The zero-order valence-electron chi connectivity index (χ0n) is 21.6. The molecular weight excluding hydrogens is 490 g/mol. The summed E-state index contributed by atoms with van der Waals surface area (Å²) in [6, 6.07) is 9.51. The monoisotopic (exact) mass is 517 g/mol. The minimum absolute atomic E-state index is 0.00106. The number of ether oxygens (including phenoxy) is 3. The van der Waals surface area contributed by atoms with Crippen LogP contribution in [0.1, 0.15) is 34.3 Å². The number of hydrogen-bond acceptors (Lipinski definition) is 8. The number of amides is 1. The first-order chi connectivity index (χ1) is 18.3. The number of ketones is 1. The van der Waals surface area contributed by atoms with Crippen LogP contribution in [0.3, 0.4) is 0 Å². The van der Waals surface area contributed by atoms with Gasteiger partial charge in [-0.1, -0.05) is 6.07 Å². The first kappa shape index (κ1) is 24.9. The van der Waals surface area contributed by atoms with Gasteiger partial charge >= 0.3 is 0 Å². The third-order valence-corrected chi connectivity index (χ3v) is 6.76. The van der Waals surface area contributed by atoms with Crippen molar-refractivity contribution in [3.63, 3.8) is 0 Å². The number of benzene rings is 1. The van der Waals surface area contributed by atoms with Crippen LogP contribution in [0.25, 0.3) is 11.4 Å². The lowest BCUT2D eigenvalue weighted by Crippen LogP contribution is -2.29. The highest BCUT2D eigenvalue weighted by Crippen LogP contribution is 2.46. The topological polar surface area (TPSA) is 116 Å². The van der Waals surface area contributed by atoms with E-state index in [1.165, 1.54) is 32.5 Å². The standard InChI is InChI=1S/C28H27N3O7/c1-15-8-6-10-30-16(2)22(29-27(15)30)24(32)21-23(17-12-19(35-3)26(37-5)20(13-17)36-4)31(28(34)25(21)33)14-18-9-7-11-38-18/h6-13,23,32H,14H2,1-5H3. The second kappa shape index (κ2) is 9.62. The number of carbonyl (C=O) groups excluding carboxylic acids is 2. The number of aliphatic hydroxyl groups is 1. The SMILES string of the molecule is COc1cc(C2C(=C(O)c3nc4c(C)cccn4c3C)C(=O)C(=O)N2Cc2ccco2)cc(OC)c1OC. The molecule has 4 heterocycles. The Balaban J connectivity index is 1.76. The normalized spacial score (nSPS) is 16.9. The van der Waals surface area contributed by atoms with Crippen LogP contribution in [0.5, 0.6) is 17.2 Å². The van der Waals surface area contributed by atoms with Crippen LogP contribution in [0.2, 0.25) is 0 Å². The molecule has 0 spiro atoms. The largest absolute Gasteiger partial charge is 0.505 e. The van der Waals surface area contributed by atoms with E-state index in [0.29, 0.717) is 39.9 Å². The number of methoxy groups -OCH3 is 3. The molecular formula is C28H27N3O7. The number of aliphatic hydroxyl groups excluding tert-OH is 1. The van der Waals surface area contributed by atoms with Crippen LogP contribution in [0, 0.1) is 13.8 Å². The van der Waals surface area contributed by atoms with Crippen molar-refractivity contribution < 1.29 is 33.3 Å². The number of fused-ring (bicyclic) bond motifs is 1. The fraction of sp³-hybridized carbons (Fsp3) is 0.250. The molecule has 1 N–H and O–H groups in total. The number of Topliss-reactive ketones (excluding diaryl/α,β-unsaturated/α-hetero) is 1. The lowest BCUT2D eigenvalue weighted by atomic mass is 9.95. The molecule has 1 aliphatic rings. The van der Waals surface area contributed by atoms with E-state index in [2.05, 4.69) is 4.98 Å². The molecule has 0 radical (unpaired) electrons. The predicted octanol–water partition coefficient (Wildman–Crippen LogP) is 4.19. The second-order valence-corrected chi connectivity index (χ2v) is 8.90. The van der Waals surface area contributed by atoms with Crippen molar-refractivity contribution in [1.82, 2.24) is 14.3 Å². The Bertz CT molecular complexity index is 1560. The van der Waals surface area contributed by atoms with E-state index in [1.807, 2.05) is 29.7 Å². The van der Waals surface area contributed by atoms with Gasteiger partial charge in [0.05, 0.1) is 51.4 Å². The smallest absolute Gasteiger partial charge is 0.296 e. The summed E-state index contributed by atoms with van der Waals surface area (Å²) in [6.07, 6.45) is 3.32. The number of carbonyl (C=O) groups is 2. The molecule has 0 bridgehead atoms.